The van der Waals surface area contributed by atoms with Gasteiger partial charge in [0.1, 0.15) is 17.2 Å². The summed E-state index contributed by atoms with van der Waals surface area (Å²) in [5, 5.41) is 9.80. The SMILES string of the molecule is N#Cc1cc(Br)ccc1N1CC[C@H](Oc2ncccc2Cl)C1. The normalized spacial score (nSPS) is 17.3. The second kappa shape index (κ2) is 6.55. The first-order chi connectivity index (χ1) is 10.7. The number of ether oxygens (including phenoxy) is 1. The van der Waals surface area contributed by atoms with Gasteiger partial charge in [-0.3, -0.25) is 0 Å². The standard InChI is InChI=1S/C16H13BrClN3O/c17-12-3-4-15(11(8-12)9-19)21-7-5-13(10-21)22-16-14(18)2-1-6-20-16/h1-4,6,8,13H,5,7,10H2/t13-/m0/s1. The first kappa shape index (κ1) is 15.1. The summed E-state index contributed by atoms with van der Waals surface area (Å²) in [4.78, 5) is 6.31. The van der Waals surface area contributed by atoms with Crippen LogP contribution in [0.3, 0.4) is 0 Å². The van der Waals surface area contributed by atoms with E-state index in [2.05, 4.69) is 31.9 Å². The van der Waals surface area contributed by atoms with E-state index in [-0.39, 0.29) is 6.10 Å². The van der Waals surface area contributed by atoms with Crippen LogP contribution in [0.15, 0.2) is 41.0 Å². The van der Waals surface area contributed by atoms with E-state index >= 15 is 0 Å². The first-order valence-electron chi connectivity index (χ1n) is 6.89. The number of hydrogen-bond acceptors (Lipinski definition) is 4. The Morgan fingerprint density at radius 1 is 1.41 bits per heavy atom. The minimum atomic E-state index is 0.0163. The highest BCUT2D eigenvalue weighted by molar-refractivity contribution is 9.10. The van der Waals surface area contributed by atoms with Gasteiger partial charge in [-0.25, -0.2) is 4.98 Å². The van der Waals surface area contributed by atoms with Crippen molar-refractivity contribution in [2.45, 2.75) is 12.5 Å². The van der Waals surface area contributed by atoms with Crippen molar-refractivity contribution in [3.05, 3.63) is 51.6 Å². The van der Waals surface area contributed by atoms with Gasteiger partial charge >= 0.3 is 0 Å². The minimum absolute atomic E-state index is 0.0163. The van der Waals surface area contributed by atoms with E-state index in [1.807, 2.05) is 18.2 Å². The molecular formula is C16H13BrClN3O. The predicted molar refractivity (Wildman–Crippen MR) is 89.4 cm³/mol. The van der Waals surface area contributed by atoms with Crippen molar-refractivity contribution in [1.29, 1.82) is 5.26 Å². The summed E-state index contributed by atoms with van der Waals surface area (Å²) >= 11 is 9.46. The lowest BCUT2D eigenvalue weighted by molar-refractivity contribution is 0.216. The van der Waals surface area contributed by atoms with Crippen LogP contribution in [-0.2, 0) is 0 Å². The third-order valence-corrected chi connectivity index (χ3v) is 4.35. The molecular weight excluding hydrogens is 366 g/mol. The molecule has 1 aromatic carbocycles. The summed E-state index contributed by atoms with van der Waals surface area (Å²) in [6.07, 6.45) is 2.55. The van der Waals surface area contributed by atoms with Gasteiger partial charge in [0.2, 0.25) is 5.88 Å². The summed E-state index contributed by atoms with van der Waals surface area (Å²) in [7, 11) is 0. The third-order valence-electron chi connectivity index (χ3n) is 3.57. The number of anilines is 1. The van der Waals surface area contributed by atoms with Crippen LogP contribution in [0, 0.1) is 11.3 Å². The lowest BCUT2D eigenvalue weighted by atomic mass is 10.2. The molecule has 0 unspecified atom stereocenters. The van der Waals surface area contributed by atoms with Gasteiger partial charge in [-0.2, -0.15) is 5.26 Å². The first-order valence-corrected chi connectivity index (χ1v) is 8.06. The van der Waals surface area contributed by atoms with Crippen LogP contribution < -0.4 is 9.64 Å². The molecule has 2 aromatic rings. The summed E-state index contributed by atoms with van der Waals surface area (Å²) in [6.45, 7) is 1.55. The summed E-state index contributed by atoms with van der Waals surface area (Å²) in [5.74, 6) is 0.465. The van der Waals surface area contributed by atoms with E-state index in [9.17, 15) is 5.26 Å². The zero-order valence-corrected chi connectivity index (χ0v) is 14.0. The molecule has 1 aliphatic rings. The number of pyridine rings is 1. The molecule has 1 fully saturated rings. The Hall–Kier alpha value is -1.77. The van der Waals surface area contributed by atoms with E-state index in [4.69, 9.17) is 16.3 Å². The van der Waals surface area contributed by atoms with E-state index in [1.165, 1.54) is 0 Å². The average Bonchev–Trinajstić information content (AvgIpc) is 2.98. The van der Waals surface area contributed by atoms with Crippen molar-refractivity contribution >= 4 is 33.2 Å². The Morgan fingerprint density at radius 2 is 2.27 bits per heavy atom. The molecule has 0 radical (unpaired) electrons. The molecule has 1 aliphatic heterocycles. The van der Waals surface area contributed by atoms with Crippen LogP contribution >= 0.6 is 27.5 Å². The lowest BCUT2D eigenvalue weighted by Crippen LogP contribution is -2.25. The number of aromatic nitrogens is 1. The fourth-order valence-electron chi connectivity index (χ4n) is 2.53. The molecule has 1 atom stereocenters. The van der Waals surface area contributed by atoms with Crippen LogP contribution in [-0.4, -0.2) is 24.2 Å². The zero-order valence-electron chi connectivity index (χ0n) is 11.7. The van der Waals surface area contributed by atoms with Crippen molar-refractivity contribution in [2.24, 2.45) is 0 Å². The number of nitrogens with zero attached hydrogens (tertiary/aromatic N) is 3. The maximum atomic E-state index is 9.28. The lowest BCUT2D eigenvalue weighted by Gasteiger charge is -2.20. The minimum Gasteiger partial charge on any atom is -0.471 e. The monoisotopic (exact) mass is 377 g/mol. The van der Waals surface area contributed by atoms with Gasteiger partial charge in [-0.05, 0) is 30.3 Å². The van der Waals surface area contributed by atoms with Gasteiger partial charge in [0.25, 0.3) is 0 Å². The van der Waals surface area contributed by atoms with Gasteiger partial charge < -0.3 is 9.64 Å². The van der Waals surface area contributed by atoms with Crippen LogP contribution in [0.1, 0.15) is 12.0 Å². The van der Waals surface area contributed by atoms with Crippen molar-refractivity contribution in [3.63, 3.8) is 0 Å². The summed E-state index contributed by atoms with van der Waals surface area (Å²) < 4.78 is 6.78. The molecule has 6 heteroatoms. The quantitative estimate of drug-likeness (QED) is 0.809. The topological polar surface area (TPSA) is 49.2 Å². The van der Waals surface area contributed by atoms with Gasteiger partial charge in [0, 0.05) is 23.6 Å². The fourth-order valence-corrected chi connectivity index (χ4v) is 3.06. The van der Waals surface area contributed by atoms with Gasteiger partial charge in [0.05, 0.1) is 17.8 Å². The Bertz CT molecular complexity index is 732. The molecule has 1 aromatic heterocycles. The van der Waals surface area contributed by atoms with E-state index in [1.54, 1.807) is 18.3 Å². The summed E-state index contributed by atoms with van der Waals surface area (Å²) in [6, 6.07) is 11.5. The number of hydrogen-bond donors (Lipinski definition) is 0. The smallest absolute Gasteiger partial charge is 0.232 e. The Balaban J connectivity index is 1.73. The van der Waals surface area contributed by atoms with Crippen molar-refractivity contribution < 1.29 is 4.74 Å². The Labute approximate surface area is 142 Å². The maximum Gasteiger partial charge on any atom is 0.232 e. The van der Waals surface area contributed by atoms with Crippen LogP contribution in [0.5, 0.6) is 5.88 Å². The highest BCUT2D eigenvalue weighted by Crippen LogP contribution is 2.29. The molecule has 112 valence electrons. The van der Waals surface area contributed by atoms with Gasteiger partial charge in [0.15, 0.2) is 0 Å². The molecule has 0 N–H and O–H groups in total. The number of halogens is 2. The molecule has 0 amide bonds. The second-order valence-electron chi connectivity index (χ2n) is 5.04. The maximum absolute atomic E-state index is 9.28. The molecule has 4 nitrogen and oxygen atoms in total. The van der Waals surface area contributed by atoms with Crippen molar-refractivity contribution in [3.8, 4) is 11.9 Å². The predicted octanol–water partition coefficient (Wildman–Crippen LogP) is 4.03. The molecule has 0 bridgehead atoms. The van der Waals surface area contributed by atoms with E-state index in [0.29, 0.717) is 23.0 Å². The third kappa shape index (κ3) is 3.18. The molecule has 3 rings (SSSR count). The second-order valence-corrected chi connectivity index (χ2v) is 6.36. The Kier molecular flexibility index (Phi) is 4.51. The van der Waals surface area contributed by atoms with Gasteiger partial charge in [-0.1, -0.05) is 27.5 Å². The Morgan fingerprint density at radius 3 is 3.05 bits per heavy atom. The van der Waals surface area contributed by atoms with E-state index in [0.717, 1.165) is 23.1 Å². The van der Waals surface area contributed by atoms with Crippen LogP contribution in [0.25, 0.3) is 0 Å². The van der Waals surface area contributed by atoms with Crippen molar-refractivity contribution in [1.82, 2.24) is 4.98 Å². The van der Waals surface area contributed by atoms with Crippen LogP contribution in [0.4, 0.5) is 5.69 Å². The number of nitriles is 1. The molecule has 0 aliphatic carbocycles. The molecule has 0 saturated carbocycles. The molecule has 0 spiro atoms. The highest BCUT2D eigenvalue weighted by Gasteiger charge is 2.26. The van der Waals surface area contributed by atoms with E-state index < -0.39 is 0 Å². The molecule has 1 saturated heterocycles. The molecule has 2 heterocycles. The zero-order chi connectivity index (χ0) is 15.5. The van der Waals surface area contributed by atoms with Crippen LogP contribution in [0.2, 0.25) is 5.02 Å². The largest absolute Gasteiger partial charge is 0.471 e. The van der Waals surface area contributed by atoms with Gasteiger partial charge in [-0.15, -0.1) is 0 Å². The highest BCUT2D eigenvalue weighted by atomic mass is 79.9. The fraction of sp³-hybridized carbons (Fsp3) is 0.250. The molecule has 22 heavy (non-hydrogen) atoms. The average molecular weight is 379 g/mol. The summed E-state index contributed by atoms with van der Waals surface area (Å²) in [5.41, 5.74) is 1.59. The van der Waals surface area contributed by atoms with Crippen molar-refractivity contribution in [2.75, 3.05) is 18.0 Å². The number of benzene rings is 1. The number of rotatable bonds is 3.